The molecule has 1 aromatic heterocycles. The lowest BCUT2D eigenvalue weighted by atomic mass is 9.87. The van der Waals surface area contributed by atoms with Crippen molar-refractivity contribution >= 4 is 0 Å². The molecule has 2 N–H and O–H groups in total. The van der Waals surface area contributed by atoms with Crippen molar-refractivity contribution in [3.05, 3.63) is 24.3 Å². The fourth-order valence-electron chi connectivity index (χ4n) is 1.20. The summed E-state index contributed by atoms with van der Waals surface area (Å²) in [6.07, 6.45) is 4.32. The average molecular weight is 183 g/mol. The Balaban J connectivity index is 3.03. The molecule has 1 unspecified atom stereocenters. The van der Waals surface area contributed by atoms with Crippen LogP contribution < -0.4 is 5.73 Å². The van der Waals surface area contributed by atoms with E-state index < -0.39 is 5.67 Å². The van der Waals surface area contributed by atoms with E-state index >= 15 is 0 Å². The van der Waals surface area contributed by atoms with Crippen molar-refractivity contribution in [3.8, 4) is 0 Å². The number of aromatic nitrogens is 2. The highest BCUT2D eigenvalue weighted by Gasteiger charge is 2.34. The van der Waals surface area contributed by atoms with Gasteiger partial charge in [-0.2, -0.15) is 0 Å². The Morgan fingerprint density at radius 3 is 2.38 bits per heavy atom. The fraction of sp³-hybridized carbons (Fsp3) is 0.556. The summed E-state index contributed by atoms with van der Waals surface area (Å²) < 4.78 is 14.2. The molecule has 0 aliphatic carbocycles. The van der Waals surface area contributed by atoms with Crippen LogP contribution in [-0.2, 0) is 5.67 Å². The largest absolute Gasteiger partial charge is 0.327 e. The zero-order valence-electron chi connectivity index (χ0n) is 7.87. The van der Waals surface area contributed by atoms with Crippen molar-refractivity contribution in [1.29, 1.82) is 0 Å². The lowest BCUT2D eigenvalue weighted by Gasteiger charge is -2.27. The van der Waals surface area contributed by atoms with Gasteiger partial charge >= 0.3 is 0 Å². The minimum absolute atomic E-state index is 0.0436. The molecule has 0 bridgehead atoms. The smallest absolute Gasteiger partial charge is 0.153 e. The van der Waals surface area contributed by atoms with Crippen LogP contribution >= 0.6 is 0 Å². The Bertz CT molecular complexity index is 263. The van der Waals surface area contributed by atoms with Crippen LogP contribution in [0.2, 0.25) is 0 Å². The van der Waals surface area contributed by atoms with E-state index in [-0.39, 0.29) is 12.5 Å². The number of rotatable bonds is 3. The number of nitrogens with zero attached hydrogens (tertiary/aromatic N) is 2. The Kier molecular flexibility index (Phi) is 2.93. The standard InChI is InChI=1S/C9H14FN3/c1-7(2)9(10,5-11)8-3-12-6-13-4-8/h3-4,6-7H,5,11H2,1-2H3. The quantitative estimate of drug-likeness (QED) is 0.767. The molecule has 3 nitrogen and oxygen atoms in total. The van der Waals surface area contributed by atoms with Gasteiger partial charge in [-0.15, -0.1) is 0 Å². The first-order valence-corrected chi connectivity index (χ1v) is 4.25. The van der Waals surface area contributed by atoms with E-state index in [1.54, 1.807) is 13.8 Å². The normalized spacial score (nSPS) is 15.8. The summed E-state index contributed by atoms with van der Waals surface area (Å²) in [7, 11) is 0. The third-order valence-corrected chi connectivity index (χ3v) is 2.25. The molecule has 1 heterocycles. The summed E-state index contributed by atoms with van der Waals surface area (Å²) in [4.78, 5) is 7.55. The van der Waals surface area contributed by atoms with Crippen LogP contribution in [0.15, 0.2) is 18.7 Å². The maximum absolute atomic E-state index is 14.2. The van der Waals surface area contributed by atoms with E-state index in [9.17, 15) is 4.39 Å². The lowest BCUT2D eigenvalue weighted by molar-refractivity contribution is 0.108. The molecule has 4 heteroatoms. The Morgan fingerprint density at radius 2 is 2.00 bits per heavy atom. The fourth-order valence-corrected chi connectivity index (χ4v) is 1.20. The van der Waals surface area contributed by atoms with Gasteiger partial charge in [-0.05, 0) is 5.92 Å². The van der Waals surface area contributed by atoms with Crippen LogP contribution in [-0.4, -0.2) is 16.5 Å². The van der Waals surface area contributed by atoms with Crippen molar-refractivity contribution in [3.63, 3.8) is 0 Å². The number of halogens is 1. The molecule has 1 aromatic rings. The third kappa shape index (κ3) is 1.83. The minimum atomic E-state index is -1.51. The van der Waals surface area contributed by atoms with E-state index in [2.05, 4.69) is 9.97 Å². The van der Waals surface area contributed by atoms with E-state index in [1.165, 1.54) is 18.7 Å². The minimum Gasteiger partial charge on any atom is -0.327 e. The van der Waals surface area contributed by atoms with Gasteiger partial charge in [0.1, 0.15) is 6.33 Å². The molecule has 1 rings (SSSR count). The molecular formula is C9H14FN3. The second kappa shape index (κ2) is 3.79. The molecule has 0 aromatic carbocycles. The van der Waals surface area contributed by atoms with Crippen molar-refractivity contribution in [2.45, 2.75) is 19.5 Å². The van der Waals surface area contributed by atoms with Gasteiger partial charge < -0.3 is 5.73 Å². The van der Waals surface area contributed by atoms with Crippen molar-refractivity contribution < 1.29 is 4.39 Å². The monoisotopic (exact) mass is 183 g/mol. The van der Waals surface area contributed by atoms with Gasteiger partial charge in [-0.25, -0.2) is 14.4 Å². The molecule has 0 saturated carbocycles. The molecule has 1 atom stereocenters. The van der Waals surface area contributed by atoms with Crippen LogP contribution in [0.4, 0.5) is 4.39 Å². The van der Waals surface area contributed by atoms with Crippen LogP contribution in [0.3, 0.4) is 0 Å². The molecule has 0 saturated heterocycles. The molecule has 0 aliphatic heterocycles. The van der Waals surface area contributed by atoms with Gasteiger partial charge in [0.25, 0.3) is 0 Å². The molecule has 0 fully saturated rings. The van der Waals surface area contributed by atoms with Crippen molar-refractivity contribution in [1.82, 2.24) is 9.97 Å². The molecule has 0 aliphatic rings. The first-order chi connectivity index (χ1) is 6.11. The summed E-state index contributed by atoms with van der Waals surface area (Å²) in [6.45, 7) is 3.54. The lowest BCUT2D eigenvalue weighted by Crippen LogP contribution is -2.35. The van der Waals surface area contributed by atoms with Gasteiger partial charge in [-0.3, -0.25) is 0 Å². The predicted molar refractivity (Wildman–Crippen MR) is 48.7 cm³/mol. The average Bonchev–Trinajstić information content (AvgIpc) is 2.17. The molecule has 0 radical (unpaired) electrons. The molecule has 0 amide bonds. The highest BCUT2D eigenvalue weighted by Crippen LogP contribution is 2.31. The SMILES string of the molecule is CC(C)C(F)(CN)c1cncnc1. The highest BCUT2D eigenvalue weighted by atomic mass is 19.1. The maximum Gasteiger partial charge on any atom is 0.153 e. The van der Waals surface area contributed by atoms with E-state index in [0.29, 0.717) is 5.56 Å². The Hall–Kier alpha value is -1.03. The highest BCUT2D eigenvalue weighted by molar-refractivity contribution is 5.16. The van der Waals surface area contributed by atoms with E-state index in [4.69, 9.17) is 5.73 Å². The summed E-state index contributed by atoms with van der Waals surface area (Å²) in [5.41, 5.74) is 4.35. The van der Waals surface area contributed by atoms with E-state index in [0.717, 1.165) is 0 Å². The summed E-state index contributed by atoms with van der Waals surface area (Å²) >= 11 is 0. The van der Waals surface area contributed by atoms with E-state index in [1.807, 2.05) is 0 Å². The topological polar surface area (TPSA) is 51.8 Å². The van der Waals surface area contributed by atoms with Crippen LogP contribution in [0.25, 0.3) is 0 Å². The van der Waals surface area contributed by atoms with Crippen LogP contribution in [0, 0.1) is 5.92 Å². The van der Waals surface area contributed by atoms with Crippen LogP contribution in [0.1, 0.15) is 19.4 Å². The Morgan fingerprint density at radius 1 is 1.46 bits per heavy atom. The van der Waals surface area contributed by atoms with Gasteiger partial charge in [-0.1, -0.05) is 13.8 Å². The molecular weight excluding hydrogens is 169 g/mol. The first kappa shape index (κ1) is 10.1. The molecule has 72 valence electrons. The van der Waals surface area contributed by atoms with Gasteiger partial charge in [0.15, 0.2) is 5.67 Å². The summed E-state index contributed by atoms with van der Waals surface area (Å²) in [5, 5.41) is 0. The number of hydrogen-bond acceptors (Lipinski definition) is 3. The van der Waals surface area contributed by atoms with Crippen molar-refractivity contribution in [2.75, 3.05) is 6.54 Å². The maximum atomic E-state index is 14.2. The Labute approximate surface area is 77.2 Å². The second-order valence-electron chi connectivity index (χ2n) is 3.35. The number of hydrogen-bond donors (Lipinski definition) is 1. The van der Waals surface area contributed by atoms with Gasteiger partial charge in [0.2, 0.25) is 0 Å². The van der Waals surface area contributed by atoms with Crippen molar-refractivity contribution in [2.24, 2.45) is 11.7 Å². The molecule has 0 spiro atoms. The first-order valence-electron chi connectivity index (χ1n) is 4.25. The summed E-state index contributed by atoms with van der Waals surface area (Å²) in [5.74, 6) is -0.177. The summed E-state index contributed by atoms with van der Waals surface area (Å²) in [6, 6.07) is 0. The zero-order chi connectivity index (χ0) is 9.90. The second-order valence-corrected chi connectivity index (χ2v) is 3.35. The van der Waals surface area contributed by atoms with Gasteiger partial charge in [0.05, 0.1) is 0 Å². The zero-order valence-corrected chi connectivity index (χ0v) is 7.87. The molecule has 13 heavy (non-hydrogen) atoms. The number of nitrogens with two attached hydrogens (primary N) is 1. The third-order valence-electron chi connectivity index (χ3n) is 2.25. The number of alkyl halides is 1. The van der Waals surface area contributed by atoms with Gasteiger partial charge in [0, 0.05) is 24.5 Å². The predicted octanol–water partition coefficient (Wildman–Crippen LogP) is 1.26. The van der Waals surface area contributed by atoms with Crippen LogP contribution in [0.5, 0.6) is 0 Å².